The second-order valence-electron chi connectivity index (χ2n) is 7.10. The molecule has 4 aromatic rings. The summed E-state index contributed by atoms with van der Waals surface area (Å²) >= 11 is 0. The van der Waals surface area contributed by atoms with Crippen LogP contribution in [-0.4, -0.2) is 4.57 Å². The number of aryl methyl sites for hydroxylation is 2. The Hall–Kier alpha value is -3.33. The average Bonchev–Trinajstić information content (AvgIpc) is 3.22. The van der Waals surface area contributed by atoms with Crippen LogP contribution in [-0.2, 0) is 6.54 Å². The number of hydrogen-bond donors (Lipinski definition) is 0. The van der Waals surface area contributed by atoms with Gasteiger partial charge in [0.05, 0.1) is 5.56 Å². The Kier molecular flexibility index (Phi) is 3.61. The predicted octanol–water partition coefficient (Wildman–Crippen LogP) is 5.20. The van der Waals surface area contributed by atoms with Crippen molar-refractivity contribution in [2.45, 2.75) is 20.4 Å². The van der Waals surface area contributed by atoms with Crippen molar-refractivity contribution in [2.24, 2.45) is 0 Å². The first-order valence-corrected chi connectivity index (χ1v) is 9.24. The fraction of sp³-hybridized carbons (Fsp3) is 0.125. The quantitative estimate of drug-likeness (QED) is 0.408. The van der Waals surface area contributed by atoms with Gasteiger partial charge < -0.3 is 4.74 Å². The zero-order valence-electron chi connectivity index (χ0n) is 15.5. The maximum Gasteiger partial charge on any atom is 0.294 e. The van der Waals surface area contributed by atoms with E-state index in [0.29, 0.717) is 0 Å². The molecule has 0 aliphatic carbocycles. The van der Waals surface area contributed by atoms with Crippen LogP contribution in [0.1, 0.15) is 16.7 Å². The van der Waals surface area contributed by atoms with Gasteiger partial charge in [0, 0.05) is 16.7 Å². The summed E-state index contributed by atoms with van der Waals surface area (Å²) in [6, 6.07) is 22.8. The standard InChI is InChI=1S/C24H21N2O/c1-17-14-21(27-20-9-4-3-5-10-20)15-18(2)23(17)26-13-12-25-16-19-8-6-7-11-22(19)24(25)26/h3-15H,16H2,1-2H3/q+1. The van der Waals surface area contributed by atoms with Crippen LogP contribution >= 0.6 is 0 Å². The molecule has 0 fully saturated rings. The topological polar surface area (TPSA) is 18.0 Å². The van der Waals surface area contributed by atoms with Gasteiger partial charge in [-0.2, -0.15) is 4.57 Å². The second-order valence-corrected chi connectivity index (χ2v) is 7.10. The summed E-state index contributed by atoms with van der Waals surface area (Å²) in [5, 5.41) is 0. The van der Waals surface area contributed by atoms with Gasteiger partial charge >= 0.3 is 0 Å². The summed E-state index contributed by atoms with van der Waals surface area (Å²) in [7, 11) is 0. The zero-order valence-corrected chi connectivity index (χ0v) is 15.5. The summed E-state index contributed by atoms with van der Waals surface area (Å²) in [6.45, 7) is 5.24. The Balaban J connectivity index is 1.59. The number of imidazole rings is 1. The van der Waals surface area contributed by atoms with Crippen molar-refractivity contribution in [3.05, 3.63) is 95.8 Å². The maximum absolute atomic E-state index is 6.05. The van der Waals surface area contributed by atoms with Crippen molar-refractivity contribution in [3.8, 4) is 28.6 Å². The predicted molar refractivity (Wildman–Crippen MR) is 106 cm³/mol. The Bertz CT molecular complexity index is 1120. The molecule has 0 bridgehead atoms. The molecule has 2 heterocycles. The lowest BCUT2D eigenvalue weighted by molar-refractivity contribution is -0.671. The van der Waals surface area contributed by atoms with E-state index >= 15 is 0 Å². The largest absolute Gasteiger partial charge is 0.457 e. The second kappa shape index (κ2) is 6.13. The van der Waals surface area contributed by atoms with Crippen molar-refractivity contribution in [1.29, 1.82) is 0 Å². The highest BCUT2D eigenvalue weighted by atomic mass is 16.5. The molecule has 0 N–H and O–H groups in total. The number of aromatic nitrogens is 2. The van der Waals surface area contributed by atoms with E-state index in [2.05, 4.69) is 71.8 Å². The third-order valence-electron chi connectivity index (χ3n) is 5.18. The monoisotopic (exact) mass is 353 g/mol. The van der Waals surface area contributed by atoms with E-state index in [4.69, 9.17) is 4.74 Å². The van der Waals surface area contributed by atoms with Crippen molar-refractivity contribution in [2.75, 3.05) is 0 Å². The van der Waals surface area contributed by atoms with Gasteiger partial charge in [-0.3, -0.25) is 0 Å². The molecular formula is C24H21N2O+. The van der Waals surface area contributed by atoms with E-state index in [-0.39, 0.29) is 0 Å². The van der Waals surface area contributed by atoms with Gasteiger partial charge in [-0.15, -0.1) is 0 Å². The molecule has 0 unspecified atom stereocenters. The molecule has 1 aliphatic heterocycles. The van der Waals surface area contributed by atoms with E-state index in [0.717, 1.165) is 18.0 Å². The lowest BCUT2D eigenvalue weighted by Crippen LogP contribution is -2.30. The number of fused-ring (bicyclic) bond motifs is 3. The van der Waals surface area contributed by atoms with Gasteiger partial charge in [-0.25, -0.2) is 4.57 Å². The van der Waals surface area contributed by atoms with E-state index < -0.39 is 0 Å². The normalized spacial score (nSPS) is 11.9. The molecule has 1 aromatic heterocycles. The molecule has 0 radical (unpaired) electrons. The number of ether oxygens (including phenoxy) is 1. The minimum absolute atomic E-state index is 0.857. The molecule has 0 spiro atoms. The number of rotatable bonds is 3. The Morgan fingerprint density at radius 2 is 1.56 bits per heavy atom. The summed E-state index contributed by atoms with van der Waals surface area (Å²) in [5.74, 6) is 2.97. The van der Waals surface area contributed by atoms with Crippen molar-refractivity contribution in [1.82, 2.24) is 4.57 Å². The molecular weight excluding hydrogens is 332 g/mol. The Morgan fingerprint density at radius 1 is 0.852 bits per heavy atom. The molecule has 3 heteroatoms. The summed E-state index contributed by atoms with van der Waals surface area (Å²) in [5.41, 5.74) is 6.31. The van der Waals surface area contributed by atoms with Gasteiger partial charge in [0.2, 0.25) is 0 Å². The maximum atomic E-state index is 6.05. The highest BCUT2D eigenvalue weighted by Gasteiger charge is 2.30. The van der Waals surface area contributed by atoms with Crippen molar-refractivity contribution < 1.29 is 9.30 Å². The van der Waals surface area contributed by atoms with Crippen LogP contribution in [0.4, 0.5) is 0 Å². The number of nitrogens with zero attached hydrogens (tertiary/aromatic N) is 2. The van der Waals surface area contributed by atoms with Crippen molar-refractivity contribution >= 4 is 0 Å². The zero-order chi connectivity index (χ0) is 18.4. The minimum Gasteiger partial charge on any atom is -0.457 e. The molecule has 0 atom stereocenters. The third kappa shape index (κ3) is 2.63. The highest BCUT2D eigenvalue weighted by Crippen LogP contribution is 2.33. The van der Waals surface area contributed by atoms with Crippen LogP contribution in [0.25, 0.3) is 17.1 Å². The van der Waals surface area contributed by atoms with Crippen LogP contribution in [0.3, 0.4) is 0 Å². The van der Waals surface area contributed by atoms with E-state index in [9.17, 15) is 0 Å². The minimum atomic E-state index is 0.857. The lowest BCUT2D eigenvalue weighted by atomic mass is 10.1. The van der Waals surface area contributed by atoms with Gasteiger partial charge in [0.15, 0.2) is 0 Å². The Morgan fingerprint density at radius 3 is 2.33 bits per heavy atom. The van der Waals surface area contributed by atoms with Crippen LogP contribution in [0, 0.1) is 13.8 Å². The molecule has 0 saturated heterocycles. The van der Waals surface area contributed by atoms with Crippen LogP contribution in [0.5, 0.6) is 11.5 Å². The molecule has 5 rings (SSSR count). The summed E-state index contributed by atoms with van der Waals surface area (Å²) in [4.78, 5) is 0. The van der Waals surface area contributed by atoms with E-state index in [1.807, 2.05) is 30.3 Å². The van der Waals surface area contributed by atoms with Gasteiger partial charge in [-0.05, 0) is 44.2 Å². The van der Waals surface area contributed by atoms with E-state index in [1.54, 1.807) is 0 Å². The summed E-state index contributed by atoms with van der Waals surface area (Å²) in [6.07, 6.45) is 4.33. The number of hydrogen-bond acceptors (Lipinski definition) is 1. The van der Waals surface area contributed by atoms with Gasteiger partial charge in [-0.1, -0.05) is 36.4 Å². The fourth-order valence-electron chi connectivity index (χ4n) is 4.06. The first-order valence-electron chi connectivity index (χ1n) is 9.24. The van der Waals surface area contributed by atoms with Gasteiger partial charge in [0.1, 0.15) is 36.1 Å². The van der Waals surface area contributed by atoms with Gasteiger partial charge in [0.25, 0.3) is 5.82 Å². The molecule has 3 aromatic carbocycles. The van der Waals surface area contributed by atoms with E-state index in [1.165, 1.54) is 33.8 Å². The molecule has 132 valence electrons. The SMILES string of the molecule is Cc1cc(Oc2ccccc2)cc(C)c1-n1cc[n+]2c1-c1ccccc1C2. The smallest absolute Gasteiger partial charge is 0.294 e. The van der Waals surface area contributed by atoms with Crippen LogP contribution < -0.4 is 9.30 Å². The van der Waals surface area contributed by atoms with Crippen LogP contribution in [0.2, 0.25) is 0 Å². The van der Waals surface area contributed by atoms with Crippen LogP contribution in [0.15, 0.2) is 79.1 Å². The molecule has 3 nitrogen and oxygen atoms in total. The highest BCUT2D eigenvalue weighted by molar-refractivity contribution is 5.64. The lowest BCUT2D eigenvalue weighted by Gasteiger charge is -2.12. The molecule has 1 aliphatic rings. The molecule has 27 heavy (non-hydrogen) atoms. The number of para-hydroxylation sites is 1. The molecule has 0 amide bonds. The number of benzene rings is 3. The average molecular weight is 353 g/mol. The molecule has 0 saturated carbocycles. The summed E-state index contributed by atoms with van der Waals surface area (Å²) < 4.78 is 10.7. The Labute approximate surface area is 159 Å². The third-order valence-corrected chi connectivity index (χ3v) is 5.18. The fourth-order valence-corrected chi connectivity index (χ4v) is 4.06. The first kappa shape index (κ1) is 15.9. The first-order chi connectivity index (χ1) is 13.2. The van der Waals surface area contributed by atoms with Crippen molar-refractivity contribution in [3.63, 3.8) is 0 Å².